The zero-order chi connectivity index (χ0) is 19.8. The topological polar surface area (TPSA) is 26.3 Å². The molecule has 0 spiro atoms. The minimum atomic E-state index is -0.466. The van der Waals surface area contributed by atoms with Crippen LogP contribution in [0.5, 0.6) is 0 Å². The normalized spacial score (nSPS) is 20.1. The van der Waals surface area contributed by atoms with Crippen molar-refractivity contribution in [3.05, 3.63) is 69.1 Å². The van der Waals surface area contributed by atoms with Crippen molar-refractivity contribution >= 4 is 37.8 Å². The lowest BCUT2D eigenvalue weighted by atomic mass is 10.0. The van der Waals surface area contributed by atoms with E-state index in [0.29, 0.717) is 11.1 Å². The van der Waals surface area contributed by atoms with Gasteiger partial charge in [-0.3, -0.25) is 4.79 Å². The van der Waals surface area contributed by atoms with Crippen LogP contribution in [-0.4, -0.2) is 5.97 Å². The maximum atomic E-state index is 14.8. The molecule has 0 unspecified atom stereocenters. The average Bonchev–Trinajstić information content (AvgIpc) is 3.14. The van der Waals surface area contributed by atoms with E-state index in [0.717, 1.165) is 3.39 Å². The van der Waals surface area contributed by atoms with Crippen LogP contribution in [0.4, 0.5) is 8.78 Å². The zero-order valence-electron chi connectivity index (χ0n) is 14.8. The second kappa shape index (κ2) is 7.84. The third kappa shape index (κ3) is 4.32. The van der Waals surface area contributed by atoms with Gasteiger partial charge < -0.3 is 4.74 Å². The third-order valence-corrected chi connectivity index (χ3v) is 5.60. The second-order valence-electron chi connectivity index (χ2n) is 7.17. The highest BCUT2D eigenvalue weighted by Gasteiger charge is 2.61. The Morgan fingerprint density at radius 3 is 2.44 bits per heavy atom. The minimum absolute atomic E-state index is 0.0640. The summed E-state index contributed by atoms with van der Waals surface area (Å²) in [6.07, 6.45) is 1.93. The maximum Gasteiger partial charge on any atom is 0.310 e. The molecule has 0 heterocycles. The number of carbonyl (C=O) groups is 1. The van der Waals surface area contributed by atoms with E-state index in [9.17, 15) is 13.6 Å². The Hall–Kier alpha value is -1.53. The number of esters is 1. The molecule has 0 N–H and O–H groups in total. The second-order valence-corrected chi connectivity index (χ2v) is 9.95. The van der Waals surface area contributed by atoms with Crippen molar-refractivity contribution in [1.29, 1.82) is 0 Å². The van der Waals surface area contributed by atoms with E-state index in [4.69, 9.17) is 4.74 Å². The number of hydrogen-bond acceptors (Lipinski definition) is 2. The highest BCUT2D eigenvalue weighted by molar-refractivity contribution is 9.28. The molecule has 1 aliphatic carbocycles. The summed E-state index contributed by atoms with van der Waals surface area (Å²) in [5.41, 5.74) is 1.01. The summed E-state index contributed by atoms with van der Waals surface area (Å²) in [4.78, 5) is 12.4. The molecule has 6 heteroatoms. The van der Waals surface area contributed by atoms with Crippen molar-refractivity contribution in [1.82, 2.24) is 0 Å². The number of allylic oxidation sites excluding steroid dienone is 1. The van der Waals surface area contributed by atoms with E-state index >= 15 is 0 Å². The molecule has 1 fully saturated rings. The van der Waals surface area contributed by atoms with Crippen LogP contribution in [-0.2, 0) is 16.1 Å². The van der Waals surface area contributed by atoms with Crippen molar-refractivity contribution in [2.45, 2.75) is 20.5 Å². The molecule has 1 saturated carbocycles. The molecule has 0 aliphatic heterocycles. The van der Waals surface area contributed by atoms with E-state index in [1.807, 2.05) is 19.9 Å². The first-order chi connectivity index (χ1) is 12.7. The molecule has 0 bridgehead atoms. The molecular formula is C21H18Br2F2O2. The number of halogens is 4. The van der Waals surface area contributed by atoms with Gasteiger partial charge in [0.05, 0.1) is 9.31 Å². The first kappa shape index (κ1) is 20.2. The van der Waals surface area contributed by atoms with Crippen LogP contribution in [0.1, 0.15) is 19.4 Å². The molecular weight excluding hydrogens is 482 g/mol. The average molecular weight is 500 g/mol. The van der Waals surface area contributed by atoms with E-state index in [-0.39, 0.29) is 41.2 Å². The summed E-state index contributed by atoms with van der Waals surface area (Å²) in [5, 5.41) is 0. The van der Waals surface area contributed by atoms with Gasteiger partial charge in [-0.25, -0.2) is 8.78 Å². The fourth-order valence-electron chi connectivity index (χ4n) is 3.36. The number of benzene rings is 2. The molecule has 2 aromatic rings. The molecule has 0 radical (unpaired) electrons. The van der Waals surface area contributed by atoms with Gasteiger partial charge in [0.15, 0.2) is 0 Å². The van der Waals surface area contributed by atoms with Gasteiger partial charge in [0.1, 0.15) is 18.2 Å². The lowest BCUT2D eigenvalue weighted by Gasteiger charge is -2.10. The Morgan fingerprint density at radius 1 is 1.15 bits per heavy atom. The summed E-state index contributed by atoms with van der Waals surface area (Å²) in [5.74, 6) is -1.38. The molecule has 0 saturated heterocycles. The van der Waals surface area contributed by atoms with Gasteiger partial charge in [0.25, 0.3) is 0 Å². The molecule has 2 nitrogen and oxygen atoms in total. The molecule has 27 heavy (non-hydrogen) atoms. The zero-order valence-corrected chi connectivity index (χ0v) is 18.0. The van der Waals surface area contributed by atoms with Crippen molar-refractivity contribution in [3.8, 4) is 11.1 Å². The molecule has 142 valence electrons. The Bertz CT molecular complexity index is 888. The standard InChI is InChI=1S/C21H18Br2F2O2/c1-21(2)16(10-17(22)23)18(21)20(26)27-11-13-4-3-5-15(19(13)25)12-6-8-14(24)9-7-12/h3-10,16,18H,11H2,1-2H3/t16-,18-/m0/s1. The number of carbonyl (C=O) groups excluding carboxylic acids is 1. The van der Waals surface area contributed by atoms with Crippen molar-refractivity contribution in [3.63, 3.8) is 0 Å². The van der Waals surface area contributed by atoms with Crippen LogP contribution >= 0.6 is 31.9 Å². The molecule has 0 amide bonds. The predicted molar refractivity (Wildman–Crippen MR) is 108 cm³/mol. The number of hydrogen-bond donors (Lipinski definition) is 0. The van der Waals surface area contributed by atoms with Gasteiger partial charge in [-0.2, -0.15) is 0 Å². The largest absolute Gasteiger partial charge is 0.460 e. The fraction of sp³-hybridized carbons (Fsp3) is 0.286. The lowest BCUT2D eigenvalue weighted by molar-refractivity contribution is -0.147. The van der Waals surface area contributed by atoms with Gasteiger partial charge in [-0.15, -0.1) is 0 Å². The first-order valence-corrected chi connectivity index (χ1v) is 10.0. The summed E-state index contributed by atoms with van der Waals surface area (Å²) in [7, 11) is 0. The van der Waals surface area contributed by atoms with E-state index in [1.54, 1.807) is 18.2 Å². The molecule has 2 aromatic carbocycles. The highest BCUT2D eigenvalue weighted by Crippen LogP contribution is 2.60. The number of ether oxygens (including phenoxy) is 1. The minimum Gasteiger partial charge on any atom is -0.460 e. The Labute approximate surface area is 173 Å². The molecule has 1 aliphatic rings. The molecule has 2 atom stereocenters. The summed E-state index contributed by atoms with van der Waals surface area (Å²) >= 11 is 6.63. The lowest BCUT2D eigenvalue weighted by Crippen LogP contribution is -2.11. The highest BCUT2D eigenvalue weighted by atomic mass is 79.9. The first-order valence-electron chi connectivity index (χ1n) is 8.44. The third-order valence-electron chi connectivity index (χ3n) is 5.07. The monoisotopic (exact) mass is 498 g/mol. The smallest absolute Gasteiger partial charge is 0.310 e. The van der Waals surface area contributed by atoms with Crippen LogP contribution in [0.15, 0.2) is 51.9 Å². The van der Waals surface area contributed by atoms with Crippen molar-refractivity contribution in [2.75, 3.05) is 0 Å². The van der Waals surface area contributed by atoms with Crippen LogP contribution in [0.25, 0.3) is 11.1 Å². The van der Waals surface area contributed by atoms with Crippen LogP contribution in [0, 0.1) is 28.9 Å². The predicted octanol–water partition coefficient (Wildman–Crippen LogP) is 6.58. The maximum absolute atomic E-state index is 14.8. The van der Waals surface area contributed by atoms with Gasteiger partial charge in [0.2, 0.25) is 0 Å². The van der Waals surface area contributed by atoms with E-state index in [1.165, 1.54) is 24.3 Å². The summed E-state index contributed by atoms with van der Waals surface area (Å²) in [6, 6.07) is 10.5. The molecule has 0 aromatic heterocycles. The Kier molecular flexibility index (Phi) is 5.87. The van der Waals surface area contributed by atoms with Crippen LogP contribution in [0.3, 0.4) is 0 Å². The van der Waals surface area contributed by atoms with Gasteiger partial charge >= 0.3 is 5.97 Å². The quantitative estimate of drug-likeness (QED) is 0.434. The van der Waals surface area contributed by atoms with E-state index in [2.05, 4.69) is 31.9 Å². The Morgan fingerprint density at radius 2 is 1.81 bits per heavy atom. The summed E-state index contributed by atoms with van der Waals surface area (Å²) < 4.78 is 34.1. The molecule has 3 rings (SSSR count). The van der Waals surface area contributed by atoms with Crippen molar-refractivity contribution < 1.29 is 18.3 Å². The van der Waals surface area contributed by atoms with Crippen LogP contribution in [0.2, 0.25) is 0 Å². The van der Waals surface area contributed by atoms with Gasteiger partial charge in [-0.1, -0.05) is 50.3 Å². The van der Waals surface area contributed by atoms with E-state index < -0.39 is 5.82 Å². The Balaban J connectivity index is 1.72. The van der Waals surface area contributed by atoms with Crippen LogP contribution < -0.4 is 0 Å². The SMILES string of the molecule is CC1(C)[C@H](C(=O)OCc2cccc(-c3ccc(F)cc3)c2F)[C@@H]1C=C(Br)Br. The fourth-order valence-corrected chi connectivity index (χ4v) is 3.93. The van der Waals surface area contributed by atoms with Crippen molar-refractivity contribution in [2.24, 2.45) is 17.3 Å². The number of rotatable bonds is 5. The summed E-state index contributed by atoms with van der Waals surface area (Å²) in [6.45, 7) is 3.86. The van der Waals surface area contributed by atoms with Gasteiger partial charge in [0, 0.05) is 11.1 Å². The van der Waals surface area contributed by atoms with Gasteiger partial charge in [-0.05, 0) is 60.9 Å².